The SMILES string of the molecule is OC12CCCCC1CCCC2Nc1ccc2[nH]ccc2c1. The first kappa shape index (κ1) is 13.2. The highest BCUT2D eigenvalue weighted by Crippen LogP contribution is 2.44. The second-order valence-electron chi connectivity index (χ2n) is 6.84. The monoisotopic (exact) mass is 284 g/mol. The van der Waals surface area contributed by atoms with Gasteiger partial charge in [-0.05, 0) is 55.9 Å². The number of hydrogen-bond donors (Lipinski definition) is 3. The standard InChI is InChI=1S/C18H24N2O/c21-18-10-2-1-4-14(18)5-3-6-17(18)20-15-7-8-16-13(12-15)9-11-19-16/h7-9,11-12,14,17,19-21H,1-6,10H2. The summed E-state index contributed by atoms with van der Waals surface area (Å²) in [6.07, 6.45) is 10.1. The summed E-state index contributed by atoms with van der Waals surface area (Å²) in [5.41, 5.74) is 1.80. The Hall–Kier alpha value is -1.48. The molecule has 2 aliphatic carbocycles. The maximum atomic E-state index is 11.2. The molecule has 2 aliphatic rings. The van der Waals surface area contributed by atoms with E-state index in [0.29, 0.717) is 5.92 Å². The van der Waals surface area contributed by atoms with Crippen molar-refractivity contribution in [3.05, 3.63) is 30.5 Å². The molecule has 1 aromatic carbocycles. The molecule has 3 N–H and O–H groups in total. The average molecular weight is 284 g/mol. The lowest BCUT2D eigenvalue weighted by molar-refractivity contribution is -0.0835. The van der Waals surface area contributed by atoms with E-state index in [4.69, 9.17) is 0 Å². The Balaban J connectivity index is 1.59. The predicted molar refractivity (Wildman–Crippen MR) is 86.5 cm³/mol. The number of rotatable bonds is 2. The summed E-state index contributed by atoms with van der Waals surface area (Å²) >= 11 is 0. The van der Waals surface area contributed by atoms with Gasteiger partial charge in [-0.25, -0.2) is 0 Å². The molecule has 2 aromatic rings. The van der Waals surface area contributed by atoms with Crippen LogP contribution < -0.4 is 5.32 Å². The highest BCUT2D eigenvalue weighted by atomic mass is 16.3. The Labute approximate surface area is 125 Å². The number of H-pyrrole nitrogens is 1. The normalized spacial score (nSPS) is 32.8. The molecule has 0 aliphatic heterocycles. The summed E-state index contributed by atoms with van der Waals surface area (Å²) in [6, 6.07) is 8.71. The minimum Gasteiger partial charge on any atom is -0.387 e. The Kier molecular flexibility index (Phi) is 3.18. The summed E-state index contributed by atoms with van der Waals surface area (Å²) in [5, 5.41) is 16.1. The number of fused-ring (bicyclic) bond motifs is 2. The fourth-order valence-corrected chi connectivity index (χ4v) is 4.47. The van der Waals surface area contributed by atoms with Gasteiger partial charge in [0.05, 0.1) is 11.6 Å². The van der Waals surface area contributed by atoms with Crippen molar-refractivity contribution in [2.75, 3.05) is 5.32 Å². The van der Waals surface area contributed by atoms with Gasteiger partial charge < -0.3 is 15.4 Å². The van der Waals surface area contributed by atoms with Crippen LogP contribution in [0.4, 0.5) is 5.69 Å². The third-order valence-corrected chi connectivity index (χ3v) is 5.63. The molecule has 112 valence electrons. The molecule has 3 heteroatoms. The van der Waals surface area contributed by atoms with Crippen LogP contribution in [0, 0.1) is 5.92 Å². The number of benzene rings is 1. The largest absolute Gasteiger partial charge is 0.387 e. The number of aromatic nitrogens is 1. The molecule has 3 atom stereocenters. The number of aliphatic hydroxyl groups is 1. The topological polar surface area (TPSA) is 48.0 Å². The Morgan fingerprint density at radius 3 is 2.95 bits per heavy atom. The summed E-state index contributed by atoms with van der Waals surface area (Å²) < 4.78 is 0. The summed E-state index contributed by atoms with van der Waals surface area (Å²) in [7, 11) is 0. The fraction of sp³-hybridized carbons (Fsp3) is 0.556. The average Bonchev–Trinajstić information content (AvgIpc) is 2.95. The number of aromatic amines is 1. The molecule has 4 rings (SSSR count). The first-order chi connectivity index (χ1) is 10.3. The van der Waals surface area contributed by atoms with E-state index >= 15 is 0 Å². The summed E-state index contributed by atoms with van der Waals surface area (Å²) in [6.45, 7) is 0. The second kappa shape index (κ2) is 5.06. The number of hydrogen-bond acceptors (Lipinski definition) is 2. The smallest absolute Gasteiger partial charge is 0.0875 e. The van der Waals surface area contributed by atoms with Gasteiger partial charge in [-0.2, -0.15) is 0 Å². The van der Waals surface area contributed by atoms with E-state index in [-0.39, 0.29) is 6.04 Å². The molecule has 0 radical (unpaired) electrons. The molecule has 3 nitrogen and oxygen atoms in total. The van der Waals surface area contributed by atoms with Crippen molar-refractivity contribution in [3.8, 4) is 0 Å². The zero-order valence-electron chi connectivity index (χ0n) is 12.4. The van der Waals surface area contributed by atoms with Crippen LogP contribution in [-0.2, 0) is 0 Å². The molecule has 2 saturated carbocycles. The third-order valence-electron chi connectivity index (χ3n) is 5.63. The quantitative estimate of drug-likeness (QED) is 0.779. The molecule has 0 saturated heterocycles. The summed E-state index contributed by atoms with van der Waals surface area (Å²) in [5.74, 6) is 0.494. The van der Waals surface area contributed by atoms with Crippen molar-refractivity contribution >= 4 is 16.6 Å². The van der Waals surface area contributed by atoms with Gasteiger partial charge in [-0.1, -0.05) is 19.3 Å². The van der Waals surface area contributed by atoms with Crippen molar-refractivity contribution in [2.45, 2.75) is 56.6 Å². The Morgan fingerprint density at radius 1 is 1.10 bits per heavy atom. The maximum absolute atomic E-state index is 11.2. The first-order valence-corrected chi connectivity index (χ1v) is 8.32. The van der Waals surface area contributed by atoms with E-state index in [1.54, 1.807) is 0 Å². The second-order valence-corrected chi connectivity index (χ2v) is 6.84. The van der Waals surface area contributed by atoms with Crippen LogP contribution in [0.3, 0.4) is 0 Å². The minimum absolute atomic E-state index is 0.202. The van der Waals surface area contributed by atoms with Crippen LogP contribution in [0.25, 0.3) is 10.9 Å². The van der Waals surface area contributed by atoms with Crippen molar-refractivity contribution in [2.24, 2.45) is 5.92 Å². The van der Waals surface area contributed by atoms with Crippen LogP contribution in [-0.4, -0.2) is 21.7 Å². The molecule has 0 spiro atoms. The van der Waals surface area contributed by atoms with Crippen molar-refractivity contribution in [1.82, 2.24) is 4.98 Å². The fourth-order valence-electron chi connectivity index (χ4n) is 4.47. The lowest BCUT2D eigenvalue weighted by Crippen LogP contribution is -2.56. The van der Waals surface area contributed by atoms with Gasteiger partial charge in [0.15, 0.2) is 0 Å². The molecule has 0 amide bonds. The van der Waals surface area contributed by atoms with Crippen LogP contribution in [0.15, 0.2) is 30.5 Å². The zero-order valence-corrected chi connectivity index (χ0v) is 12.4. The molecule has 21 heavy (non-hydrogen) atoms. The van der Waals surface area contributed by atoms with Gasteiger partial charge in [0.2, 0.25) is 0 Å². The van der Waals surface area contributed by atoms with Crippen LogP contribution in [0.5, 0.6) is 0 Å². The van der Waals surface area contributed by atoms with Crippen LogP contribution >= 0.6 is 0 Å². The third kappa shape index (κ3) is 2.24. The van der Waals surface area contributed by atoms with E-state index in [1.165, 1.54) is 43.0 Å². The highest BCUT2D eigenvalue weighted by Gasteiger charge is 2.47. The highest BCUT2D eigenvalue weighted by molar-refractivity contribution is 5.83. The Morgan fingerprint density at radius 2 is 2.00 bits per heavy atom. The van der Waals surface area contributed by atoms with Gasteiger partial charge in [0, 0.05) is 22.8 Å². The van der Waals surface area contributed by atoms with Crippen molar-refractivity contribution < 1.29 is 5.11 Å². The predicted octanol–water partition coefficient (Wildman–Crippen LogP) is 4.05. The number of anilines is 1. The van der Waals surface area contributed by atoms with Gasteiger partial charge in [0.1, 0.15) is 0 Å². The zero-order chi connectivity index (χ0) is 14.3. The summed E-state index contributed by atoms with van der Waals surface area (Å²) in [4.78, 5) is 3.23. The molecule has 2 fully saturated rings. The van der Waals surface area contributed by atoms with Gasteiger partial charge in [0.25, 0.3) is 0 Å². The van der Waals surface area contributed by atoms with E-state index in [1.807, 2.05) is 6.20 Å². The van der Waals surface area contributed by atoms with Crippen LogP contribution in [0.2, 0.25) is 0 Å². The van der Waals surface area contributed by atoms with Crippen molar-refractivity contribution in [3.63, 3.8) is 0 Å². The maximum Gasteiger partial charge on any atom is 0.0875 e. The number of nitrogens with one attached hydrogen (secondary N) is 2. The van der Waals surface area contributed by atoms with Crippen LogP contribution in [0.1, 0.15) is 44.9 Å². The Bertz CT molecular complexity index is 633. The van der Waals surface area contributed by atoms with Gasteiger partial charge in [-0.15, -0.1) is 0 Å². The first-order valence-electron chi connectivity index (χ1n) is 8.32. The lowest BCUT2D eigenvalue weighted by atomic mass is 9.65. The minimum atomic E-state index is -0.496. The molecule has 1 heterocycles. The molecular weight excluding hydrogens is 260 g/mol. The molecule has 3 unspecified atom stereocenters. The van der Waals surface area contributed by atoms with Crippen molar-refractivity contribution in [1.29, 1.82) is 0 Å². The molecule has 1 aromatic heterocycles. The van der Waals surface area contributed by atoms with E-state index < -0.39 is 5.60 Å². The van der Waals surface area contributed by atoms with E-state index in [9.17, 15) is 5.11 Å². The van der Waals surface area contributed by atoms with E-state index in [2.05, 4.69) is 34.6 Å². The molecule has 0 bridgehead atoms. The van der Waals surface area contributed by atoms with Gasteiger partial charge >= 0.3 is 0 Å². The van der Waals surface area contributed by atoms with E-state index in [0.717, 1.165) is 18.5 Å². The lowest BCUT2D eigenvalue weighted by Gasteiger charge is -2.49. The molecular formula is C18H24N2O. The van der Waals surface area contributed by atoms with Gasteiger partial charge in [-0.3, -0.25) is 0 Å².